The minimum Gasteiger partial charge on any atom is -0.336 e. The average molecular weight is 393 g/mol. The van der Waals surface area contributed by atoms with Crippen LogP contribution in [0.3, 0.4) is 0 Å². The Morgan fingerprint density at radius 2 is 1.92 bits per heavy atom. The van der Waals surface area contributed by atoms with Crippen molar-refractivity contribution in [3.63, 3.8) is 0 Å². The zero-order valence-electron chi connectivity index (χ0n) is 14.3. The molecule has 138 valence electrons. The maximum absolute atomic E-state index is 12.6. The lowest BCUT2D eigenvalue weighted by molar-refractivity contribution is -0.131. The maximum Gasteiger partial charge on any atom is 0.240 e. The third-order valence-corrected chi connectivity index (χ3v) is 6.19. The van der Waals surface area contributed by atoms with Crippen molar-refractivity contribution >= 4 is 27.5 Å². The largest absolute Gasteiger partial charge is 0.336 e. The van der Waals surface area contributed by atoms with Crippen LogP contribution in [0.25, 0.3) is 0 Å². The first-order chi connectivity index (χ1) is 12.5. The summed E-state index contributed by atoms with van der Waals surface area (Å²) in [6.45, 7) is 0.769. The zero-order valence-corrected chi connectivity index (χ0v) is 15.8. The van der Waals surface area contributed by atoms with E-state index in [2.05, 4.69) is 4.72 Å². The number of halogens is 1. The van der Waals surface area contributed by atoms with Gasteiger partial charge in [-0.1, -0.05) is 48.0 Å². The van der Waals surface area contributed by atoms with Gasteiger partial charge in [-0.05, 0) is 36.6 Å². The second-order valence-corrected chi connectivity index (χ2v) is 8.46. The number of nitrogens with one attached hydrogen (secondary N) is 1. The molecule has 0 bridgehead atoms. The molecule has 5 nitrogen and oxygen atoms in total. The Labute approximate surface area is 159 Å². The number of sulfonamides is 1. The second kappa shape index (κ2) is 8.20. The van der Waals surface area contributed by atoms with Crippen molar-refractivity contribution in [3.05, 3.63) is 65.2 Å². The molecule has 1 aliphatic rings. The Morgan fingerprint density at radius 3 is 2.65 bits per heavy atom. The number of likely N-dealkylation sites (tertiary alicyclic amines) is 1. The fraction of sp³-hybridized carbons (Fsp3) is 0.316. The van der Waals surface area contributed by atoms with E-state index in [9.17, 15) is 13.2 Å². The first-order valence-corrected chi connectivity index (χ1v) is 10.4. The monoisotopic (exact) mass is 392 g/mol. The quantitative estimate of drug-likeness (QED) is 0.819. The molecule has 3 rings (SSSR count). The van der Waals surface area contributed by atoms with Gasteiger partial charge in [0.25, 0.3) is 0 Å². The highest BCUT2D eigenvalue weighted by atomic mass is 35.5. The lowest BCUT2D eigenvalue weighted by atomic mass is 10.0. The highest BCUT2D eigenvalue weighted by molar-refractivity contribution is 7.89. The number of carbonyl (C=O) groups excluding carboxylic acids is 1. The minimum absolute atomic E-state index is 0.0369. The number of benzene rings is 2. The molecule has 1 aliphatic heterocycles. The van der Waals surface area contributed by atoms with Crippen molar-refractivity contribution in [2.24, 2.45) is 0 Å². The predicted molar refractivity (Wildman–Crippen MR) is 101 cm³/mol. The van der Waals surface area contributed by atoms with Crippen molar-refractivity contribution in [1.82, 2.24) is 9.62 Å². The van der Waals surface area contributed by atoms with Gasteiger partial charge in [0, 0.05) is 24.5 Å². The smallest absolute Gasteiger partial charge is 0.240 e. The van der Waals surface area contributed by atoms with E-state index in [-0.39, 0.29) is 29.8 Å². The van der Waals surface area contributed by atoms with Gasteiger partial charge in [-0.3, -0.25) is 4.79 Å². The molecule has 1 atom stereocenters. The Hall–Kier alpha value is -1.89. The van der Waals surface area contributed by atoms with Gasteiger partial charge in [0.2, 0.25) is 15.9 Å². The number of hydrogen-bond donors (Lipinski definition) is 1. The van der Waals surface area contributed by atoms with Crippen LogP contribution in [-0.4, -0.2) is 32.3 Å². The van der Waals surface area contributed by atoms with Gasteiger partial charge in [0.05, 0.1) is 10.9 Å². The van der Waals surface area contributed by atoms with Crippen LogP contribution in [-0.2, 0) is 14.8 Å². The number of amides is 1. The van der Waals surface area contributed by atoms with E-state index in [1.165, 1.54) is 12.1 Å². The van der Waals surface area contributed by atoms with Crippen LogP contribution in [0.2, 0.25) is 5.02 Å². The van der Waals surface area contributed by atoms with Crippen molar-refractivity contribution in [2.45, 2.75) is 30.2 Å². The minimum atomic E-state index is -3.67. The van der Waals surface area contributed by atoms with Crippen LogP contribution in [0.15, 0.2) is 59.5 Å². The summed E-state index contributed by atoms with van der Waals surface area (Å²) in [6, 6.07) is 16.1. The van der Waals surface area contributed by atoms with Crippen molar-refractivity contribution in [2.75, 3.05) is 13.1 Å². The average Bonchev–Trinajstić information content (AvgIpc) is 3.12. The standard InChI is InChI=1S/C19H21ClN2O3S/c20-16-8-4-9-17(14-16)26(24,25)21-12-11-19(23)22-13-5-10-18(22)15-6-2-1-3-7-15/h1-4,6-9,14,18,21H,5,10-13H2. The SMILES string of the molecule is O=C(CCNS(=O)(=O)c1cccc(Cl)c1)N1CCCC1c1ccccc1. The molecule has 1 heterocycles. The molecule has 1 amide bonds. The summed E-state index contributed by atoms with van der Waals surface area (Å²) in [6.07, 6.45) is 2.02. The van der Waals surface area contributed by atoms with E-state index in [1.807, 2.05) is 35.2 Å². The molecular formula is C19H21ClN2O3S. The van der Waals surface area contributed by atoms with Gasteiger partial charge in [-0.2, -0.15) is 0 Å². The highest BCUT2D eigenvalue weighted by Gasteiger charge is 2.29. The Kier molecular flexibility index (Phi) is 5.96. The molecule has 1 N–H and O–H groups in total. The van der Waals surface area contributed by atoms with Crippen LogP contribution in [0.5, 0.6) is 0 Å². The molecule has 0 aliphatic carbocycles. The second-order valence-electron chi connectivity index (χ2n) is 6.26. The summed E-state index contributed by atoms with van der Waals surface area (Å²) in [5.41, 5.74) is 1.12. The predicted octanol–water partition coefficient (Wildman–Crippen LogP) is 3.37. The Morgan fingerprint density at radius 1 is 1.15 bits per heavy atom. The third-order valence-electron chi connectivity index (χ3n) is 4.49. The molecule has 0 saturated carbocycles. The van der Waals surface area contributed by atoms with Crippen LogP contribution < -0.4 is 4.72 Å². The van der Waals surface area contributed by atoms with Crippen LogP contribution in [0.4, 0.5) is 0 Å². The first-order valence-electron chi connectivity index (χ1n) is 8.57. The van der Waals surface area contributed by atoms with Crippen molar-refractivity contribution in [3.8, 4) is 0 Å². The molecule has 26 heavy (non-hydrogen) atoms. The molecule has 1 saturated heterocycles. The molecule has 1 fully saturated rings. The highest BCUT2D eigenvalue weighted by Crippen LogP contribution is 2.32. The van der Waals surface area contributed by atoms with Gasteiger partial charge in [-0.15, -0.1) is 0 Å². The fourth-order valence-corrected chi connectivity index (χ4v) is 4.57. The summed E-state index contributed by atoms with van der Waals surface area (Å²) >= 11 is 5.84. The topological polar surface area (TPSA) is 66.5 Å². The van der Waals surface area contributed by atoms with Crippen LogP contribution >= 0.6 is 11.6 Å². The van der Waals surface area contributed by atoms with Crippen LogP contribution in [0, 0.1) is 0 Å². The molecule has 0 radical (unpaired) electrons. The summed E-state index contributed by atoms with van der Waals surface area (Å²) < 4.78 is 27.0. The van der Waals surface area contributed by atoms with Gasteiger partial charge >= 0.3 is 0 Å². The zero-order chi connectivity index (χ0) is 18.6. The van der Waals surface area contributed by atoms with E-state index < -0.39 is 10.0 Å². The number of hydrogen-bond acceptors (Lipinski definition) is 3. The Bertz CT molecular complexity index is 871. The van der Waals surface area contributed by atoms with Gasteiger partial charge in [0.1, 0.15) is 0 Å². The summed E-state index contributed by atoms with van der Waals surface area (Å²) in [5, 5.41) is 0.353. The number of rotatable bonds is 6. The molecule has 2 aromatic rings. The molecule has 1 unspecified atom stereocenters. The third kappa shape index (κ3) is 4.44. The van der Waals surface area contributed by atoms with E-state index in [0.29, 0.717) is 11.6 Å². The van der Waals surface area contributed by atoms with Gasteiger partial charge in [-0.25, -0.2) is 13.1 Å². The lowest BCUT2D eigenvalue weighted by Crippen LogP contribution is -2.34. The van der Waals surface area contributed by atoms with E-state index >= 15 is 0 Å². The molecular weight excluding hydrogens is 372 g/mol. The van der Waals surface area contributed by atoms with Crippen molar-refractivity contribution in [1.29, 1.82) is 0 Å². The fourth-order valence-electron chi connectivity index (χ4n) is 3.24. The lowest BCUT2D eigenvalue weighted by Gasteiger charge is -2.25. The van der Waals surface area contributed by atoms with Crippen molar-refractivity contribution < 1.29 is 13.2 Å². The molecule has 2 aromatic carbocycles. The van der Waals surface area contributed by atoms with Gasteiger partial charge < -0.3 is 4.90 Å². The van der Waals surface area contributed by atoms with E-state index in [0.717, 1.165) is 18.4 Å². The van der Waals surface area contributed by atoms with E-state index in [4.69, 9.17) is 11.6 Å². The maximum atomic E-state index is 12.6. The normalized spacial score (nSPS) is 17.4. The molecule has 0 aromatic heterocycles. The summed E-state index contributed by atoms with van der Waals surface area (Å²) in [7, 11) is -3.67. The number of nitrogens with zero attached hydrogens (tertiary/aromatic N) is 1. The van der Waals surface area contributed by atoms with Crippen LogP contribution in [0.1, 0.15) is 30.9 Å². The Balaban J connectivity index is 1.58. The summed E-state index contributed by atoms with van der Waals surface area (Å²) in [4.78, 5) is 14.5. The van der Waals surface area contributed by atoms with E-state index in [1.54, 1.807) is 12.1 Å². The molecule has 0 spiro atoms. The molecule has 7 heteroatoms. The summed E-state index contributed by atoms with van der Waals surface area (Å²) in [5.74, 6) is -0.0369. The number of carbonyl (C=O) groups is 1. The van der Waals surface area contributed by atoms with Gasteiger partial charge in [0.15, 0.2) is 0 Å². The first kappa shape index (κ1) is 18.9.